The second-order valence-electron chi connectivity index (χ2n) is 9.48. The summed E-state index contributed by atoms with van der Waals surface area (Å²) in [4.78, 5) is 44.0. The molecule has 3 amide bonds. The standard InChI is InChI=1S/C27H37N3O4/c1-20(31)30(34-19-22-14-10-7-11-15-22)18-23(17-16-21-12-8-6-9-13-21)25(32)29-24(26(33)28-5)27(2,3)4/h6-15,23-24H,16-19H2,1-5H3,(H,28,33)(H,29,32)/t23-,24?/m0/s1. The molecule has 34 heavy (non-hydrogen) atoms. The predicted molar refractivity (Wildman–Crippen MR) is 132 cm³/mol. The summed E-state index contributed by atoms with van der Waals surface area (Å²) in [6, 6.07) is 18.7. The van der Waals surface area contributed by atoms with E-state index in [-0.39, 0.29) is 30.9 Å². The molecule has 2 atom stereocenters. The number of carbonyl (C=O) groups excluding carboxylic acids is 3. The minimum absolute atomic E-state index is 0.0887. The van der Waals surface area contributed by atoms with E-state index in [0.29, 0.717) is 12.8 Å². The van der Waals surface area contributed by atoms with Gasteiger partial charge in [0.15, 0.2) is 0 Å². The zero-order valence-electron chi connectivity index (χ0n) is 20.8. The number of hydrogen-bond donors (Lipinski definition) is 2. The topological polar surface area (TPSA) is 87.7 Å². The van der Waals surface area contributed by atoms with Crippen molar-refractivity contribution >= 4 is 17.7 Å². The third kappa shape index (κ3) is 8.63. The maximum absolute atomic E-state index is 13.4. The van der Waals surface area contributed by atoms with E-state index in [1.165, 1.54) is 12.0 Å². The molecule has 2 N–H and O–H groups in total. The van der Waals surface area contributed by atoms with Gasteiger partial charge in [0.1, 0.15) is 12.6 Å². The highest BCUT2D eigenvalue weighted by atomic mass is 16.7. The Morgan fingerprint density at radius 2 is 1.47 bits per heavy atom. The zero-order chi connectivity index (χ0) is 25.1. The lowest BCUT2D eigenvalue weighted by Gasteiger charge is -2.32. The highest BCUT2D eigenvalue weighted by Gasteiger charge is 2.34. The minimum atomic E-state index is -0.708. The third-order valence-corrected chi connectivity index (χ3v) is 5.62. The van der Waals surface area contributed by atoms with Crippen molar-refractivity contribution in [2.45, 2.75) is 53.2 Å². The van der Waals surface area contributed by atoms with Gasteiger partial charge in [-0.15, -0.1) is 0 Å². The highest BCUT2D eigenvalue weighted by molar-refractivity contribution is 5.89. The van der Waals surface area contributed by atoms with E-state index >= 15 is 0 Å². The van der Waals surface area contributed by atoms with Crippen LogP contribution in [0.2, 0.25) is 0 Å². The highest BCUT2D eigenvalue weighted by Crippen LogP contribution is 2.21. The molecule has 0 heterocycles. The molecule has 7 heteroatoms. The van der Waals surface area contributed by atoms with Gasteiger partial charge in [0.25, 0.3) is 0 Å². The van der Waals surface area contributed by atoms with Crippen LogP contribution in [0.15, 0.2) is 60.7 Å². The van der Waals surface area contributed by atoms with Crippen LogP contribution in [0.25, 0.3) is 0 Å². The van der Waals surface area contributed by atoms with Crippen molar-refractivity contribution in [3.05, 3.63) is 71.8 Å². The summed E-state index contributed by atoms with van der Waals surface area (Å²) in [6.45, 7) is 7.42. The van der Waals surface area contributed by atoms with Gasteiger partial charge >= 0.3 is 0 Å². The molecule has 0 saturated heterocycles. The predicted octanol–water partition coefficient (Wildman–Crippen LogP) is 3.49. The summed E-state index contributed by atoms with van der Waals surface area (Å²) in [7, 11) is 1.55. The van der Waals surface area contributed by atoms with Gasteiger partial charge < -0.3 is 10.6 Å². The molecule has 0 aliphatic rings. The van der Waals surface area contributed by atoms with Crippen LogP contribution in [0.5, 0.6) is 0 Å². The van der Waals surface area contributed by atoms with Gasteiger partial charge in [0.2, 0.25) is 17.7 Å². The minimum Gasteiger partial charge on any atom is -0.357 e. The molecule has 1 unspecified atom stereocenters. The number of benzene rings is 2. The number of carbonyl (C=O) groups is 3. The van der Waals surface area contributed by atoms with Gasteiger partial charge in [-0.05, 0) is 29.4 Å². The van der Waals surface area contributed by atoms with Gasteiger partial charge in [0, 0.05) is 14.0 Å². The number of nitrogens with zero attached hydrogens (tertiary/aromatic N) is 1. The maximum Gasteiger partial charge on any atom is 0.243 e. The van der Waals surface area contributed by atoms with Crippen molar-refractivity contribution in [2.75, 3.05) is 13.6 Å². The van der Waals surface area contributed by atoms with Crippen molar-refractivity contribution in [3.8, 4) is 0 Å². The average molecular weight is 468 g/mol. The van der Waals surface area contributed by atoms with E-state index in [1.807, 2.05) is 81.4 Å². The number of likely N-dealkylation sites (N-methyl/N-ethyl adjacent to an activating group) is 1. The molecule has 0 aliphatic carbocycles. The largest absolute Gasteiger partial charge is 0.357 e. The summed E-state index contributed by atoms with van der Waals surface area (Å²) < 4.78 is 0. The number of hydroxylamine groups is 2. The lowest BCUT2D eigenvalue weighted by Crippen LogP contribution is -2.55. The zero-order valence-corrected chi connectivity index (χ0v) is 20.8. The lowest BCUT2D eigenvalue weighted by atomic mass is 9.85. The first-order chi connectivity index (χ1) is 16.1. The fraction of sp³-hybridized carbons (Fsp3) is 0.444. The van der Waals surface area contributed by atoms with Crippen LogP contribution in [-0.2, 0) is 32.2 Å². The van der Waals surface area contributed by atoms with E-state index in [0.717, 1.165) is 11.1 Å². The van der Waals surface area contributed by atoms with Gasteiger partial charge in [-0.25, -0.2) is 5.06 Å². The molecule has 0 aliphatic heterocycles. The molecule has 2 aromatic rings. The number of rotatable bonds is 11. The second-order valence-corrected chi connectivity index (χ2v) is 9.48. The number of hydrogen-bond acceptors (Lipinski definition) is 4. The molecule has 184 valence electrons. The molecular weight excluding hydrogens is 430 g/mol. The van der Waals surface area contributed by atoms with Crippen molar-refractivity contribution in [1.82, 2.24) is 15.7 Å². The van der Waals surface area contributed by atoms with E-state index in [9.17, 15) is 14.4 Å². The molecule has 2 rings (SSSR count). The fourth-order valence-electron chi connectivity index (χ4n) is 3.57. The molecule has 0 aromatic heterocycles. The fourth-order valence-corrected chi connectivity index (χ4v) is 3.57. The smallest absolute Gasteiger partial charge is 0.243 e. The molecule has 0 saturated carbocycles. The monoisotopic (exact) mass is 467 g/mol. The number of aryl methyl sites for hydroxylation is 1. The molecule has 0 bridgehead atoms. The number of nitrogens with one attached hydrogen (secondary N) is 2. The van der Waals surface area contributed by atoms with Crippen molar-refractivity contribution < 1.29 is 19.2 Å². The van der Waals surface area contributed by atoms with Crippen molar-refractivity contribution in [3.63, 3.8) is 0 Å². The molecule has 2 aromatic carbocycles. The molecule has 7 nitrogen and oxygen atoms in total. The summed E-state index contributed by atoms with van der Waals surface area (Å²) in [5.74, 6) is -1.39. The van der Waals surface area contributed by atoms with Crippen LogP contribution in [0.4, 0.5) is 0 Å². The van der Waals surface area contributed by atoms with Crippen LogP contribution in [0.3, 0.4) is 0 Å². The summed E-state index contributed by atoms with van der Waals surface area (Å²) in [5, 5.41) is 6.79. The Kier molecular flexibility index (Phi) is 10.3. The second kappa shape index (κ2) is 12.9. The molecule has 0 radical (unpaired) electrons. The Morgan fingerprint density at radius 1 is 0.912 bits per heavy atom. The average Bonchev–Trinajstić information content (AvgIpc) is 2.81. The Labute approximate surface area is 202 Å². The maximum atomic E-state index is 13.4. The van der Waals surface area contributed by atoms with Gasteiger partial charge in [-0.1, -0.05) is 81.4 Å². The van der Waals surface area contributed by atoms with Crippen molar-refractivity contribution in [1.29, 1.82) is 0 Å². The molecule has 0 fully saturated rings. The van der Waals surface area contributed by atoms with Crippen LogP contribution in [0.1, 0.15) is 45.2 Å². The van der Waals surface area contributed by atoms with E-state index in [2.05, 4.69) is 10.6 Å². The first kappa shape index (κ1) is 27.1. The van der Waals surface area contributed by atoms with Crippen LogP contribution < -0.4 is 10.6 Å². The Bertz CT molecular complexity index is 926. The van der Waals surface area contributed by atoms with Gasteiger partial charge in [-0.3, -0.25) is 19.2 Å². The summed E-state index contributed by atoms with van der Waals surface area (Å²) in [6.07, 6.45) is 1.16. The van der Waals surface area contributed by atoms with E-state index in [1.54, 1.807) is 7.05 Å². The molecule has 0 spiro atoms. The summed E-state index contributed by atoms with van der Waals surface area (Å²) >= 11 is 0. The van der Waals surface area contributed by atoms with E-state index in [4.69, 9.17) is 4.84 Å². The third-order valence-electron chi connectivity index (χ3n) is 5.62. The summed E-state index contributed by atoms with van der Waals surface area (Å²) in [5.41, 5.74) is 1.54. The SMILES string of the molecule is CNC(=O)C(NC(=O)[C@@H](CCc1ccccc1)CN(OCc1ccccc1)C(C)=O)C(C)(C)C. The first-order valence-corrected chi connectivity index (χ1v) is 11.6. The lowest BCUT2D eigenvalue weighted by molar-refractivity contribution is -0.193. The Balaban J connectivity index is 2.19. The Hall–Kier alpha value is -3.19. The van der Waals surface area contributed by atoms with Gasteiger partial charge in [0.05, 0.1) is 12.5 Å². The van der Waals surface area contributed by atoms with Gasteiger partial charge in [-0.2, -0.15) is 0 Å². The van der Waals surface area contributed by atoms with Crippen LogP contribution >= 0.6 is 0 Å². The van der Waals surface area contributed by atoms with Crippen LogP contribution in [0, 0.1) is 11.3 Å². The van der Waals surface area contributed by atoms with E-state index < -0.39 is 17.4 Å². The normalized spacial score (nSPS) is 13.0. The quantitative estimate of drug-likeness (QED) is 0.495. The van der Waals surface area contributed by atoms with Crippen molar-refractivity contribution in [2.24, 2.45) is 11.3 Å². The molecular formula is C27H37N3O4. The number of amides is 3. The Morgan fingerprint density at radius 3 is 1.97 bits per heavy atom. The first-order valence-electron chi connectivity index (χ1n) is 11.6. The van der Waals surface area contributed by atoms with Crippen LogP contribution in [-0.4, -0.2) is 42.4 Å².